The number of hydrogen-bond acceptors (Lipinski definition) is 5. The maximum absolute atomic E-state index is 12.1. The van der Waals surface area contributed by atoms with E-state index in [4.69, 9.17) is 16.3 Å². The lowest BCUT2D eigenvalue weighted by Crippen LogP contribution is -2.38. The van der Waals surface area contributed by atoms with Gasteiger partial charge >= 0.3 is 0 Å². The van der Waals surface area contributed by atoms with Gasteiger partial charge in [-0.15, -0.1) is 11.3 Å². The van der Waals surface area contributed by atoms with E-state index in [1.807, 2.05) is 17.5 Å². The zero-order valence-corrected chi connectivity index (χ0v) is 15.5. The van der Waals surface area contributed by atoms with Gasteiger partial charge in [0, 0.05) is 16.9 Å². The number of piperidine rings is 1. The molecule has 134 valence electrons. The van der Waals surface area contributed by atoms with E-state index in [0.717, 1.165) is 36.1 Å². The molecule has 1 unspecified atom stereocenters. The highest BCUT2D eigenvalue weighted by Gasteiger charge is 2.14. The van der Waals surface area contributed by atoms with Crippen LogP contribution in [0.15, 0.2) is 29.6 Å². The summed E-state index contributed by atoms with van der Waals surface area (Å²) < 4.78 is 5.67. The van der Waals surface area contributed by atoms with E-state index in [0.29, 0.717) is 24.0 Å². The molecule has 7 heteroatoms. The molecule has 0 spiro atoms. The second-order valence-electron chi connectivity index (χ2n) is 6.17. The van der Waals surface area contributed by atoms with Gasteiger partial charge in [-0.2, -0.15) is 0 Å². The molecule has 2 N–H and O–H groups in total. The van der Waals surface area contributed by atoms with Crippen LogP contribution in [0.1, 0.15) is 23.5 Å². The van der Waals surface area contributed by atoms with Gasteiger partial charge in [0.05, 0.1) is 12.1 Å². The number of carbonyl (C=O) groups is 1. The fourth-order valence-corrected chi connectivity index (χ4v) is 3.59. The van der Waals surface area contributed by atoms with Crippen molar-refractivity contribution in [2.24, 2.45) is 5.92 Å². The number of rotatable bonds is 7. The SMILES string of the molecule is O=C(Cc1csc(COc2ccc(Cl)cc2)n1)NCC1CCCNC1. The van der Waals surface area contributed by atoms with Crippen LogP contribution in [0.5, 0.6) is 5.75 Å². The summed E-state index contributed by atoms with van der Waals surface area (Å²) in [7, 11) is 0. The molecule has 0 aliphatic carbocycles. The van der Waals surface area contributed by atoms with E-state index in [1.165, 1.54) is 24.2 Å². The second kappa shape index (κ2) is 9.17. The number of thiazole rings is 1. The molecule has 25 heavy (non-hydrogen) atoms. The van der Waals surface area contributed by atoms with E-state index >= 15 is 0 Å². The fraction of sp³-hybridized carbons (Fsp3) is 0.444. The van der Waals surface area contributed by atoms with Crippen molar-refractivity contribution in [2.75, 3.05) is 19.6 Å². The van der Waals surface area contributed by atoms with Crippen molar-refractivity contribution in [3.05, 3.63) is 45.4 Å². The number of carbonyl (C=O) groups excluding carboxylic acids is 1. The highest BCUT2D eigenvalue weighted by atomic mass is 35.5. The highest BCUT2D eigenvalue weighted by molar-refractivity contribution is 7.09. The van der Waals surface area contributed by atoms with E-state index in [-0.39, 0.29) is 5.91 Å². The number of nitrogens with one attached hydrogen (secondary N) is 2. The van der Waals surface area contributed by atoms with Crippen molar-refractivity contribution >= 4 is 28.8 Å². The molecule has 1 aromatic carbocycles. The summed E-state index contributed by atoms with van der Waals surface area (Å²) in [5, 5.41) is 9.83. The van der Waals surface area contributed by atoms with Crippen LogP contribution < -0.4 is 15.4 Å². The number of ether oxygens (including phenoxy) is 1. The predicted molar refractivity (Wildman–Crippen MR) is 100 cm³/mol. The average Bonchev–Trinajstić information content (AvgIpc) is 3.08. The molecule has 1 amide bonds. The number of benzene rings is 1. The molecular formula is C18H22ClN3O2S. The molecule has 1 saturated heterocycles. The molecule has 2 heterocycles. The smallest absolute Gasteiger partial charge is 0.226 e. The highest BCUT2D eigenvalue weighted by Crippen LogP contribution is 2.18. The van der Waals surface area contributed by atoms with Gasteiger partial charge in [-0.05, 0) is 56.1 Å². The van der Waals surface area contributed by atoms with Crippen molar-refractivity contribution in [1.82, 2.24) is 15.6 Å². The molecule has 1 aliphatic rings. The molecular weight excluding hydrogens is 358 g/mol. The van der Waals surface area contributed by atoms with Crippen LogP contribution >= 0.6 is 22.9 Å². The third kappa shape index (κ3) is 5.99. The topological polar surface area (TPSA) is 63.2 Å². The third-order valence-electron chi connectivity index (χ3n) is 4.10. The van der Waals surface area contributed by atoms with Gasteiger partial charge in [-0.1, -0.05) is 11.6 Å². The number of amides is 1. The lowest BCUT2D eigenvalue weighted by Gasteiger charge is -2.22. The predicted octanol–water partition coefficient (Wildman–Crippen LogP) is 3.03. The van der Waals surface area contributed by atoms with Gasteiger partial charge in [0.25, 0.3) is 0 Å². The number of nitrogens with zero attached hydrogens (tertiary/aromatic N) is 1. The standard InChI is InChI=1S/C18H22ClN3O2S/c19-14-3-5-16(6-4-14)24-11-18-22-15(12-25-18)8-17(23)21-10-13-2-1-7-20-9-13/h3-6,12-13,20H,1-2,7-11H2,(H,21,23). The number of hydrogen-bond donors (Lipinski definition) is 2. The molecule has 1 aromatic heterocycles. The van der Waals surface area contributed by atoms with Gasteiger partial charge < -0.3 is 15.4 Å². The van der Waals surface area contributed by atoms with Crippen molar-refractivity contribution in [1.29, 1.82) is 0 Å². The molecule has 0 saturated carbocycles. The van der Waals surface area contributed by atoms with Gasteiger partial charge in [0.15, 0.2) is 0 Å². The van der Waals surface area contributed by atoms with E-state index in [2.05, 4.69) is 15.6 Å². The Hall–Kier alpha value is -1.63. The lowest BCUT2D eigenvalue weighted by atomic mass is 10.00. The summed E-state index contributed by atoms with van der Waals surface area (Å²) in [4.78, 5) is 16.5. The first-order valence-electron chi connectivity index (χ1n) is 8.48. The Bertz CT molecular complexity index is 684. The van der Waals surface area contributed by atoms with E-state index < -0.39 is 0 Å². The van der Waals surface area contributed by atoms with Crippen LogP contribution in [0.25, 0.3) is 0 Å². The quantitative estimate of drug-likeness (QED) is 0.776. The Balaban J connectivity index is 1.41. The zero-order valence-electron chi connectivity index (χ0n) is 14.0. The summed E-state index contributed by atoms with van der Waals surface area (Å²) >= 11 is 7.36. The largest absolute Gasteiger partial charge is 0.486 e. The Morgan fingerprint density at radius 2 is 2.24 bits per heavy atom. The summed E-state index contributed by atoms with van der Waals surface area (Å²) in [5.41, 5.74) is 0.791. The Morgan fingerprint density at radius 1 is 1.40 bits per heavy atom. The van der Waals surface area contributed by atoms with Crippen LogP contribution in [-0.2, 0) is 17.8 Å². The van der Waals surface area contributed by atoms with Gasteiger partial charge in [0.1, 0.15) is 17.4 Å². The van der Waals surface area contributed by atoms with Crippen LogP contribution in [0, 0.1) is 5.92 Å². The normalized spacial score (nSPS) is 17.2. The molecule has 1 aliphatic heterocycles. The second-order valence-corrected chi connectivity index (χ2v) is 7.55. The first kappa shape index (κ1) is 18.2. The first-order valence-corrected chi connectivity index (χ1v) is 9.74. The summed E-state index contributed by atoms with van der Waals surface area (Å²) in [5.74, 6) is 1.32. The Morgan fingerprint density at radius 3 is 3.00 bits per heavy atom. The van der Waals surface area contributed by atoms with Crippen molar-refractivity contribution in [3.8, 4) is 5.75 Å². The number of aromatic nitrogens is 1. The molecule has 3 rings (SSSR count). The van der Waals surface area contributed by atoms with Gasteiger partial charge in [-0.25, -0.2) is 4.98 Å². The molecule has 1 atom stereocenters. The lowest BCUT2D eigenvalue weighted by molar-refractivity contribution is -0.120. The summed E-state index contributed by atoms with van der Waals surface area (Å²) in [6, 6.07) is 7.22. The van der Waals surface area contributed by atoms with Crippen molar-refractivity contribution in [2.45, 2.75) is 25.9 Å². The minimum atomic E-state index is 0.0287. The summed E-state index contributed by atoms with van der Waals surface area (Å²) in [6.45, 7) is 3.21. The van der Waals surface area contributed by atoms with Crippen LogP contribution in [0.3, 0.4) is 0 Å². The average molecular weight is 380 g/mol. The first-order chi connectivity index (χ1) is 12.2. The van der Waals surface area contributed by atoms with Crippen LogP contribution in [-0.4, -0.2) is 30.5 Å². The Labute approximate surface area is 156 Å². The monoisotopic (exact) mass is 379 g/mol. The molecule has 2 aromatic rings. The minimum Gasteiger partial charge on any atom is -0.486 e. The Kier molecular flexibility index (Phi) is 6.67. The maximum Gasteiger partial charge on any atom is 0.226 e. The van der Waals surface area contributed by atoms with E-state index in [1.54, 1.807) is 12.1 Å². The zero-order chi connectivity index (χ0) is 17.5. The minimum absolute atomic E-state index is 0.0287. The number of halogens is 1. The molecule has 0 bridgehead atoms. The third-order valence-corrected chi connectivity index (χ3v) is 5.23. The van der Waals surface area contributed by atoms with Gasteiger partial charge in [0.2, 0.25) is 5.91 Å². The summed E-state index contributed by atoms with van der Waals surface area (Å²) in [6.07, 6.45) is 2.68. The fourth-order valence-electron chi connectivity index (χ4n) is 2.76. The van der Waals surface area contributed by atoms with E-state index in [9.17, 15) is 4.79 Å². The van der Waals surface area contributed by atoms with Crippen LogP contribution in [0.4, 0.5) is 0 Å². The molecule has 1 fully saturated rings. The maximum atomic E-state index is 12.1. The van der Waals surface area contributed by atoms with Gasteiger partial charge in [-0.3, -0.25) is 4.79 Å². The molecule has 0 radical (unpaired) electrons. The van der Waals surface area contributed by atoms with Crippen LogP contribution in [0.2, 0.25) is 5.02 Å². The van der Waals surface area contributed by atoms with Crippen molar-refractivity contribution in [3.63, 3.8) is 0 Å². The van der Waals surface area contributed by atoms with Crippen molar-refractivity contribution < 1.29 is 9.53 Å². The molecule has 5 nitrogen and oxygen atoms in total.